The first-order chi connectivity index (χ1) is 25.4. The number of thioether (sulfide) groups is 1. The lowest BCUT2D eigenvalue weighted by Gasteiger charge is -2.27. The number of allylic oxidation sites excluding steroid dienone is 2. The fraction of sp³-hybridized carbons (Fsp3) is 0.419. The highest BCUT2D eigenvalue weighted by molar-refractivity contribution is 8.02. The molecule has 3 atom stereocenters. The number of nitrogens with one attached hydrogen (secondary N) is 6. The second-order valence-corrected chi connectivity index (χ2v) is 14.3. The van der Waals surface area contributed by atoms with E-state index in [4.69, 9.17) is 4.74 Å². The van der Waals surface area contributed by atoms with E-state index in [9.17, 15) is 9.90 Å². The van der Waals surface area contributed by atoms with Crippen LogP contribution in [0.15, 0.2) is 120 Å². The molecule has 10 heteroatoms. The molecule has 2 unspecified atom stereocenters. The van der Waals surface area contributed by atoms with Gasteiger partial charge >= 0.3 is 0 Å². The van der Waals surface area contributed by atoms with Gasteiger partial charge in [-0.2, -0.15) is 0 Å². The van der Waals surface area contributed by atoms with E-state index < -0.39 is 12.1 Å². The molecule has 290 valence electrons. The first-order valence-electron chi connectivity index (χ1n) is 18.5. The first kappa shape index (κ1) is 44.6. The smallest absolute Gasteiger partial charge is 0.246 e. The van der Waals surface area contributed by atoms with Gasteiger partial charge in [-0.05, 0) is 60.8 Å². The van der Waals surface area contributed by atoms with Crippen LogP contribution in [0.5, 0.6) is 0 Å². The van der Waals surface area contributed by atoms with Gasteiger partial charge in [0.2, 0.25) is 5.91 Å². The van der Waals surface area contributed by atoms with Gasteiger partial charge in [-0.1, -0.05) is 114 Å². The summed E-state index contributed by atoms with van der Waals surface area (Å²) in [6.07, 6.45) is 8.96. The number of ether oxygens (including phenoxy) is 1. The Morgan fingerprint density at radius 3 is 2.23 bits per heavy atom. The van der Waals surface area contributed by atoms with Crippen molar-refractivity contribution in [2.75, 3.05) is 33.0 Å². The van der Waals surface area contributed by atoms with Gasteiger partial charge in [-0.3, -0.25) is 4.79 Å². The molecule has 9 nitrogen and oxygen atoms in total. The third-order valence-electron chi connectivity index (χ3n) is 8.65. The fourth-order valence-corrected chi connectivity index (χ4v) is 5.60. The molecule has 2 rings (SSSR count). The van der Waals surface area contributed by atoms with Crippen LogP contribution < -0.4 is 31.9 Å². The molecule has 1 amide bonds. The Morgan fingerprint density at radius 2 is 1.64 bits per heavy atom. The van der Waals surface area contributed by atoms with Crippen molar-refractivity contribution in [1.82, 2.24) is 31.9 Å². The lowest BCUT2D eigenvalue weighted by molar-refractivity contribution is -0.123. The summed E-state index contributed by atoms with van der Waals surface area (Å²) in [5.41, 5.74) is 4.83. The third-order valence-corrected chi connectivity index (χ3v) is 9.41. The van der Waals surface area contributed by atoms with E-state index in [2.05, 4.69) is 71.9 Å². The minimum Gasteiger partial charge on any atom is -0.474 e. The van der Waals surface area contributed by atoms with E-state index in [0.717, 1.165) is 46.7 Å². The molecule has 0 radical (unpaired) electrons. The predicted molar refractivity (Wildman–Crippen MR) is 226 cm³/mol. The largest absolute Gasteiger partial charge is 0.474 e. The Bertz CT molecular complexity index is 1550. The maximum absolute atomic E-state index is 14.1. The Balaban J connectivity index is 2.35. The van der Waals surface area contributed by atoms with Gasteiger partial charge in [0, 0.05) is 48.2 Å². The molecule has 0 heterocycles. The second-order valence-electron chi connectivity index (χ2n) is 13.4. The van der Waals surface area contributed by atoms with Gasteiger partial charge in [0.15, 0.2) is 5.88 Å². The van der Waals surface area contributed by atoms with E-state index in [1.807, 2.05) is 107 Å². The van der Waals surface area contributed by atoms with E-state index in [1.165, 1.54) is 0 Å². The predicted octanol–water partition coefficient (Wildman–Crippen LogP) is 7.43. The van der Waals surface area contributed by atoms with Crippen molar-refractivity contribution in [2.45, 2.75) is 73.0 Å². The molecular formula is C43H64N6O3S. The summed E-state index contributed by atoms with van der Waals surface area (Å²) in [5, 5.41) is 31.5. The van der Waals surface area contributed by atoms with Gasteiger partial charge in [0.25, 0.3) is 0 Å². The average Bonchev–Trinajstić information content (AvgIpc) is 3.16. The fourth-order valence-electron chi connectivity index (χ4n) is 5.19. The number of carbonyl (C=O) groups is 1. The Hall–Kier alpha value is -4.54. The van der Waals surface area contributed by atoms with Crippen LogP contribution in [0.4, 0.5) is 0 Å². The maximum Gasteiger partial charge on any atom is 0.246 e. The molecule has 0 aliphatic rings. The molecule has 0 aromatic heterocycles. The van der Waals surface area contributed by atoms with E-state index in [0.29, 0.717) is 42.2 Å². The summed E-state index contributed by atoms with van der Waals surface area (Å²) in [6.45, 7) is 22.5. The summed E-state index contributed by atoms with van der Waals surface area (Å²) >= 11 is 1.57. The standard InChI is InChI=1S/C43H64N6O3S/c1-11-19-37(46-26-31(5)12-2)27-45-33(7)47-42(30(3)4)43(51)49-39(32(6)36-22-17-14-18-23-36)25-41(50)40(24-35-20-15-13-16-21-35)48-34(8)52-29-38(53-10)28-44-9/h13-24,28,30-31,41-42,44-48,50H,7-8,11-12,25-27,29H2,1-6,9-10H3,(H,49,51)/b37-19-,38-28-,39-32-,40-24+/t31?,41-,42?/m0/s1. The number of aliphatic hydroxyl groups is 1. The van der Waals surface area contributed by atoms with E-state index >= 15 is 0 Å². The van der Waals surface area contributed by atoms with Gasteiger partial charge < -0.3 is 41.7 Å². The molecule has 2 aromatic carbocycles. The molecular weight excluding hydrogens is 681 g/mol. The van der Waals surface area contributed by atoms with Gasteiger partial charge in [-0.15, -0.1) is 11.8 Å². The number of amides is 1. The number of hydrogen-bond acceptors (Lipinski definition) is 9. The van der Waals surface area contributed by atoms with Gasteiger partial charge in [-0.25, -0.2) is 0 Å². The summed E-state index contributed by atoms with van der Waals surface area (Å²) in [6, 6.07) is 19.0. The zero-order valence-corrected chi connectivity index (χ0v) is 34.0. The summed E-state index contributed by atoms with van der Waals surface area (Å²) in [7, 11) is 1.84. The van der Waals surface area contributed by atoms with E-state index in [-0.39, 0.29) is 18.2 Å². The van der Waals surface area contributed by atoms with Crippen LogP contribution in [0.25, 0.3) is 11.6 Å². The lowest BCUT2D eigenvalue weighted by Crippen LogP contribution is -2.49. The van der Waals surface area contributed by atoms with Crippen molar-refractivity contribution >= 4 is 29.3 Å². The number of carbonyl (C=O) groups excluding carboxylic acids is 1. The van der Waals surface area contributed by atoms with Crippen LogP contribution in [0, 0.1) is 11.8 Å². The summed E-state index contributed by atoms with van der Waals surface area (Å²) < 4.78 is 5.93. The minimum atomic E-state index is -1.05. The van der Waals surface area contributed by atoms with Crippen molar-refractivity contribution in [3.8, 4) is 0 Å². The van der Waals surface area contributed by atoms with Crippen LogP contribution in [0.1, 0.15) is 71.9 Å². The highest BCUT2D eigenvalue weighted by atomic mass is 32.2. The first-order valence-corrected chi connectivity index (χ1v) is 19.8. The summed E-state index contributed by atoms with van der Waals surface area (Å²) in [4.78, 5) is 15.1. The Labute approximate surface area is 323 Å². The highest BCUT2D eigenvalue weighted by Crippen LogP contribution is 2.24. The van der Waals surface area contributed by atoms with E-state index in [1.54, 1.807) is 11.8 Å². The van der Waals surface area contributed by atoms with Crippen molar-refractivity contribution in [1.29, 1.82) is 0 Å². The van der Waals surface area contributed by atoms with Crippen molar-refractivity contribution in [3.63, 3.8) is 0 Å². The second kappa shape index (κ2) is 24.7. The number of aliphatic hydroxyl groups excluding tert-OH is 1. The third kappa shape index (κ3) is 16.8. The molecule has 0 bridgehead atoms. The zero-order chi connectivity index (χ0) is 39.2. The van der Waals surface area contributed by atoms with Crippen LogP contribution in [0.3, 0.4) is 0 Å². The van der Waals surface area contributed by atoms with Gasteiger partial charge in [0.05, 0.1) is 18.5 Å². The molecule has 0 aliphatic heterocycles. The molecule has 0 aliphatic carbocycles. The number of hydrogen-bond donors (Lipinski definition) is 7. The molecule has 2 aromatic rings. The Morgan fingerprint density at radius 1 is 0.981 bits per heavy atom. The monoisotopic (exact) mass is 744 g/mol. The normalized spacial score (nSPS) is 14.3. The molecule has 7 N–H and O–H groups in total. The molecule has 0 fully saturated rings. The number of benzene rings is 2. The zero-order valence-electron chi connectivity index (χ0n) is 33.1. The molecule has 0 saturated carbocycles. The van der Waals surface area contributed by atoms with Crippen LogP contribution >= 0.6 is 11.8 Å². The highest BCUT2D eigenvalue weighted by Gasteiger charge is 2.26. The van der Waals surface area contributed by atoms with Gasteiger partial charge in [0.1, 0.15) is 12.6 Å². The lowest BCUT2D eigenvalue weighted by atomic mass is 9.98. The quantitative estimate of drug-likeness (QED) is 0.0521. The number of rotatable bonds is 25. The molecule has 53 heavy (non-hydrogen) atoms. The Kier molecular flexibility index (Phi) is 20.8. The summed E-state index contributed by atoms with van der Waals surface area (Å²) in [5.74, 6) is 1.12. The van der Waals surface area contributed by atoms with Crippen molar-refractivity contribution < 1.29 is 14.6 Å². The molecule has 0 saturated heterocycles. The van der Waals surface area contributed by atoms with Crippen molar-refractivity contribution in [3.05, 3.63) is 131 Å². The van der Waals surface area contributed by atoms with Crippen molar-refractivity contribution in [2.24, 2.45) is 11.8 Å². The molecule has 0 spiro atoms. The topological polar surface area (TPSA) is 119 Å². The average molecular weight is 745 g/mol. The van der Waals surface area contributed by atoms with Crippen LogP contribution in [-0.2, 0) is 9.53 Å². The SMILES string of the molecule is C=C(NC/C(=C/CC)NCC(C)CC)NC(C(=O)N/C(C[C@H](O)/C(=C\c1ccccc1)NC(=C)OC/C(=C/NC)SC)=C(/C)c1ccccc1)C(C)C. The van der Waals surface area contributed by atoms with Crippen LogP contribution in [0.2, 0.25) is 0 Å². The minimum absolute atomic E-state index is 0.0650. The van der Waals surface area contributed by atoms with Crippen LogP contribution in [-0.4, -0.2) is 56.2 Å². The maximum atomic E-state index is 14.1.